The predicted molar refractivity (Wildman–Crippen MR) is 55.0 cm³/mol. The zero-order valence-electron chi connectivity index (χ0n) is 7.93. The Hall–Kier alpha value is -1.68. The second kappa shape index (κ2) is 4.02. The molecule has 0 aliphatic carbocycles. The number of hydrogen-bond donors (Lipinski definition) is 1. The summed E-state index contributed by atoms with van der Waals surface area (Å²) >= 11 is 0. The fourth-order valence-electron chi connectivity index (χ4n) is 1.27. The van der Waals surface area contributed by atoms with Crippen molar-refractivity contribution in [1.82, 2.24) is 0 Å². The second-order valence-corrected chi connectivity index (χ2v) is 3.06. The quantitative estimate of drug-likeness (QED) is 0.453. The molecule has 1 rings (SSSR count). The van der Waals surface area contributed by atoms with Crippen molar-refractivity contribution in [3.05, 3.63) is 52.1 Å². The smallest absolute Gasteiger partial charge is 0.269 e. The maximum atomic E-state index is 10.5. The molecule has 0 aliphatic rings. The van der Waals surface area contributed by atoms with Crippen LogP contribution in [0.15, 0.2) is 30.9 Å². The molecule has 0 aromatic heterocycles. The minimum absolute atomic E-state index is 0.0857. The highest BCUT2D eigenvalue weighted by molar-refractivity contribution is 5.41. The van der Waals surface area contributed by atoms with Crippen LogP contribution >= 0.6 is 0 Å². The third-order valence-electron chi connectivity index (χ3n) is 2.08. The van der Waals surface area contributed by atoms with Crippen LogP contribution < -0.4 is 5.73 Å². The van der Waals surface area contributed by atoms with Gasteiger partial charge < -0.3 is 5.73 Å². The van der Waals surface area contributed by atoms with Gasteiger partial charge in [-0.1, -0.05) is 12.1 Å². The third kappa shape index (κ3) is 1.97. The number of non-ortho nitro benzene ring substituents is 1. The number of nitro groups is 1. The Balaban J connectivity index is 3.13. The van der Waals surface area contributed by atoms with E-state index < -0.39 is 4.92 Å². The van der Waals surface area contributed by atoms with Gasteiger partial charge in [0.05, 0.1) is 4.92 Å². The summed E-state index contributed by atoms with van der Waals surface area (Å²) in [5, 5.41) is 10.5. The van der Waals surface area contributed by atoms with Gasteiger partial charge in [0.1, 0.15) is 0 Å². The van der Waals surface area contributed by atoms with Gasteiger partial charge in [-0.25, -0.2) is 0 Å². The number of hydrogen-bond acceptors (Lipinski definition) is 3. The first-order valence-corrected chi connectivity index (χ1v) is 4.19. The fraction of sp³-hybridized carbons (Fsp3) is 0.200. The lowest BCUT2D eigenvalue weighted by Crippen LogP contribution is -2.08. The van der Waals surface area contributed by atoms with Crippen LogP contribution in [0, 0.1) is 17.0 Å². The minimum atomic E-state index is -0.420. The van der Waals surface area contributed by atoms with Gasteiger partial charge in [-0.15, -0.1) is 6.58 Å². The van der Waals surface area contributed by atoms with Crippen LogP contribution in [0.2, 0.25) is 0 Å². The van der Waals surface area contributed by atoms with Crippen LogP contribution in [0.3, 0.4) is 0 Å². The molecular weight excluding hydrogens is 180 g/mol. The maximum absolute atomic E-state index is 10.5. The Kier molecular flexibility index (Phi) is 2.99. The van der Waals surface area contributed by atoms with Crippen molar-refractivity contribution in [1.29, 1.82) is 0 Å². The van der Waals surface area contributed by atoms with Crippen molar-refractivity contribution in [2.75, 3.05) is 0 Å². The number of nitrogens with two attached hydrogens (primary N) is 1. The molecule has 0 spiro atoms. The van der Waals surface area contributed by atoms with Crippen LogP contribution in [0.1, 0.15) is 17.2 Å². The third-order valence-corrected chi connectivity index (χ3v) is 2.08. The Morgan fingerprint density at radius 1 is 1.64 bits per heavy atom. The zero-order chi connectivity index (χ0) is 10.7. The van der Waals surface area contributed by atoms with Crippen molar-refractivity contribution < 1.29 is 4.92 Å². The van der Waals surface area contributed by atoms with Gasteiger partial charge in [0.15, 0.2) is 0 Å². The van der Waals surface area contributed by atoms with E-state index in [1.807, 2.05) is 0 Å². The fourth-order valence-corrected chi connectivity index (χ4v) is 1.27. The number of nitrogens with zero attached hydrogens (tertiary/aromatic N) is 1. The highest BCUT2D eigenvalue weighted by Gasteiger charge is 2.10. The average molecular weight is 192 g/mol. The van der Waals surface area contributed by atoms with E-state index in [4.69, 9.17) is 5.73 Å². The van der Waals surface area contributed by atoms with Gasteiger partial charge in [-0.05, 0) is 18.1 Å². The molecule has 0 heterocycles. The molecule has 0 saturated carbocycles. The van der Waals surface area contributed by atoms with Crippen LogP contribution in [0.4, 0.5) is 5.69 Å². The molecule has 0 bridgehead atoms. The van der Waals surface area contributed by atoms with Gasteiger partial charge in [0.25, 0.3) is 5.69 Å². The van der Waals surface area contributed by atoms with Gasteiger partial charge in [-0.2, -0.15) is 0 Å². The molecule has 4 heteroatoms. The van der Waals surface area contributed by atoms with E-state index >= 15 is 0 Å². The van der Waals surface area contributed by atoms with E-state index in [0.29, 0.717) is 0 Å². The Labute approximate surface area is 82.2 Å². The van der Waals surface area contributed by atoms with E-state index in [9.17, 15) is 10.1 Å². The van der Waals surface area contributed by atoms with E-state index in [1.54, 1.807) is 19.1 Å². The van der Waals surface area contributed by atoms with Crippen LogP contribution in [-0.4, -0.2) is 4.92 Å². The largest absolute Gasteiger partial charge is 0.321 e. The molecule has 1 atom stereocenters. The molecule has 1 aromatic rings. The molecule has 0 radical (unpaired) electrons. The van der Waals surface area contributed by atoms with Crippen LogP contribution in [0.25, 0.3) is 0 Å². The number of rotatable bonds is 3. The van der Waals surface area contributed by atoms with Gasteiger partial charge in [0, 0.05) is 18.2 Å². The molecule has 74 valence electrons. The first-order chi connectivity index (χ1) is 6.56. The zero-order valence-corrected chi connectivity index (χ0v) is 7.93. The Morgan fingerprint density at radius 3 is 2.71 bits per heavy atom. The summed E-state index contributed by atoms with van der Waals surface area (Å²) in [5.41, 5.74) is 7.50. The van der Waals surface area contributed by atoms with Gasteiger partial charge in [0.2, 0.25) is 0 Å². The molecule has 0 amide bonds. The van der Waals surface area contributed by atoms with E-state index in [2.05, 4.69) is 6.58 Å². The molecule has 0 aliphatic heterocycles. The number of aryl methyl sites for hydroxylation is 1. The maximum Gasteiger partial charge on any atom is 0.269 e. The lowest BCUT2D eigenvalue weighted by Gasteiger charge is -2.09. The number of nitro benzene ring substituents is 1. The predicted octanol–water partition coefficient (Wildman–Crippen LogP) is 2.09. The lowest BCUT2D eigenvalue weighted by molar-refractivity contribution is -0.384. The molecule has 2 N–H and O–H groups in total. The molecule has 4 nitrogen and oxygen atoms in total. The lowest BCUT2D eigenvalue weighted by atomic mass is 10.0. The highest BCUT2D eigenvalue weighted by Crippen LogP contribution is 2.21. The SMILES string of the molecule is C=CC(N)c1ccc([N+](=O)[O-])cc1C. The molecule has 1 aromatic carbocycles. The van der Waals surface area contributed by atoms with E-state index in [0.717, 1.165) is 11.1 Å². The second-order valence-electron chi connectivity index (χ2n) is 3.06. The van der Waals surface area contributed by atoms with E-state index in [-0.39, 0.29) is 11.7 Å². The first-order valence-electron chi connectivity index (χ1n) is 4.19. The van der Waals surface area contributed by atoms with Crippen molar-refractivity contribution in [3.63, 3.8) is 0 Å². The Morgan fingerprint density at radius 2 is 2.29 bits per heavy atom. The minimum Gasteiger partial charge on any atom is -0.321 e. The summed E-state index contributed by atoms with van der Waals surface area (Å²) < 4.78 is 0. The molecule has 0 saturated heterocycles. The Bertz CT molecular complexity index is 374. The molecule has 1 unspecified atom stereocenters. The molecule has 0 fully saturated rings. The monoisotopic (exact) mass is 192 g/mol. The summed E-state index contributed by atoms with van der Waals surface area (Å²) in [4.78, 5) is 10.0. The summed E-state index contributed by atoms with van der Waals surface area (Å²) in [6, 6.07) is 4.36. The first kappa shape index (κ1) is 10.4. The molecular formula is C10H12N2O2. The normalized spacial score (nSPS) is 12.1. The van der Waals surface area contributed by atoms with Crippen molar-refractivity contribution in [3.8, 4) is 0 Å². The summed E-state index contributed by atoms with van der Waals surface area (Å²) in [6.45, 7) is 5.37. The van der Waals surface area contributed by atoms with Crippen LogP contribution in [-0.2, 0) is 0 Å². The van der Waals surface area contributed by atoms with Crippen molar-refractivity contribution >= 4 is 5.69 Å². The van der Waals surface area contributed by atoms with Crippen molar-refractivity contribution in [2.45, 2.75) is 13.0 Å². The highest BCUT2D eigenvalue weighted by atomic mass is 16.6. The average Bonchev–Trinajstić information content (AvgIpc) is 2.16. The van der Waals surface area contributed by atoms with Crippen LogP contribution in [0.5, 0.6) is 0 Å². The van der Waals surface area contributed by atoms with Gasteiger partial charge in [-0.3, -0.25) is 10.1 Å². The van der Waals surface area contributed by atoms with Crippen molar-refractivity contribution in [2.24, 2.45) is 5.73 Å². The van der Waals surface area contributed by atoms with Gasteiger partial charge >= 0.3 is 0 Å². The van der Waals surface area contributed by atoms with E-state index in [1.165, 1.54) is 12.1 Å². The number of benzene rings is 1. The summed E-state index contributed by atoms with van der Waals surface area (Å²) in [6.07, 6.45) is 1.61. The standard InChI is InChI=1S/C10H12N2O2/c1-3-10(11)9-5-4-8(12(13)14)6-7(9)2/h3-6,10H,1,11H2,2H3. The topological polar surface area (TPSA) is 69.2 Å². The summed E-state index contributed by atoms with van der Waals surface area (Å²) in [7, 11) is 0. The molecule has 14 heavy (non-hydrogen) atoms. The summed E-state index contributed by atoms with van der Waals surface area (Å²) in [5.74, 6) is 0.